The number of aromatic nitrogens is 1. The van der Waals surface area contributed by atoms with Gasteiger partial charge in [0.05, 0.1) is 7.11 Å². The van der Waals surface area contributed by atoms with Crippen molar-refractivity contribution in [1.29, 1.82) is 0 Å². The van der Waals surface area contributed by atoms with Gasteiger partial charge < -0.3 is 9.64 Å². The van der Waals surface area contributed by atoms with Gasteiger partial charge in [-0.3, -0.25) is 9.69 Å². The van der Waals surface area contributed by atoms with E-state index < -0.39 is 0 Å². The Hall–Kier alpha value is -2.11. The number of amides is 1. The number of piperazine rings is 1. The van der Waals surface area contributed by atoms with Crippen LogP contribution in [0.4, 0.5) is 0 Å². The van der Waals surface area contributed by atoms with Crippen LogP contribution >= 0.6 is 11.6 Å². The first-order valence-electron chi connectivity index (χ1n) is 9.44. The third kappa shape index (κ3) is 3.94. The number of nitrogens with zero attached hydrogens (tertiary/aromatic N) is 3. The molecule has 2 fully saturated rings. The fourth-order valence-electron chi connectivity index (χ4n) is 4.18. The van der Waals surface area contributed by atoms with Gasteiger partial charge in [0, 0.05) is 43.3 Å². The van der Waals surface area contributed by atoms with Gasteiger partial charge in [0.1, 0.15) is 5.69 Å². The highest BCUT2D eigenvalue weighted by Gasteiger charge is 2.35. The minimum atomic E-state index is -0.00613. The predicted molar refractivity (Wildman–Crippen MR) is 105 cm³/mol. The van der Waals surface area contributed by atoms with Crippen LogP contribution in [-0.2, 0) is 0 Å². The minimum absolute atomic E-state index is 0.00613. The second-order valence-electron chi connectivity index (χ2n) is 7.29. The lowest BCUT2D eigenvalue weighted by Gasteiger charge is -2.46. The molecule has 2 aliphatic rings. The zero-order valence-corrected chi connectivity index (χ0v) is 16.2. The lowest BCUT2D eigenvalue weighted by Crippen LogP contribution is -2.57. The Morgan fingerprint density at radius 3 is 2.70 bits per heavy atom. The first kappa shape index (κ1) is 18.3. The molecule has 1 aromatic heterocycles. The van der Waals surface area contributed by atoms with E-state index in [0.29, 0.717) is 23.5 Å². The largest absolute Gasteiger partial charge is 0.481 e. The zero-order valence-electron chi connectivity index (χ0n) is 15.5. The van der Waals surface area contributed by atoms with E-state index in [-0.39, 0.29) is 5.91 Å². The van der Waals surface area contributed by atoms with E-state index in [1.54, 1.807) is 19.2 Å². The Kier molecular flexibility index (Phi) is 5.32. The van der Waals surface area contributed by atoms with Crippen LogP contribution < -0.4 is 4.74 Å². The molecule has 0 radical (unpaired) electrons. The lowest BCUT2D eigenvalue weighted by molar-refractivity contribution is 0.0325. The van der Waals surface area contributed by atoms with Crippen LogP contribution in [0.2, 0.25) is 5.02 Å². The molecule has 0 spiro atoms. The van der Waals surface area contributed by atoms with Gasteiger partial charge in [0.15, 0.2) is 0 Å². The van der Waals surface area contributed by atoms with Crippen LogP contribution in [0.1, 0.15) is 34.8 Å². The van der Waals surface area contributed by atoms with Crippen LogP contribution in [0.15, 0.2) is 42.5 Å². The Balaban J connectivity index is 1.40. The Bertz CT molecular complexity index is 811. The molecule has 142 valence electrons. The Morgan fingerprint density at radius 2 is 1.93 bits per heavy atom. The lowest BCUT2D eigenvalue weighted by atomic mass is 9.86. The summed E-state index contributed by atoms with van der Waals surface area (Å²) in [6.07, 6.45) is 2.24. The van der Waals surface area contributed by atoms with E-state index in [9.17, 15) is 4.79 Å². The number of carbonyl (C=O) groups is 1. The van der Waals surface area contributed by atoms with Crippen LogP contribution in [0.3, 0.4) is 0 Å². The molecule has 1 amide bonds. The molecule has 0 N–H and O–H groups in total. The quantitative estimate of drug-likeness (QED) is 0.811. The maximum Gasteiger partial charge on any atom is 0.272 e. The normalized spacial score (nSPS) is 23.0. The Morgan fingerprint density at radius 1 is 1.11 bits per heavy atom. The van der Waals surface area contributed by atoms with Crippen molar-refractivity contribution in [2.24, 2.45) is 0 Å². The molecule has 0 unspecified atom stereocenters. The van der Waals surface area contributed by atoms with Gasteiger partial charge >= 0.3 is 0 Å². The molecule has 6 heteroatoms. The molecular formula is C21H24ClN3O2. The molecule has 2 aromatic rings. The topological polar surface area (TPSA) is 45.7 Å². The van der Waals surface area contributed by atoms with Crippen molar-refractivity contribution in [3.63, 3.8) is 0 Å². The van der Waals surface area contributed by atoms with Gasteiger partial charge in [0.25, 0.3) is 5.91 Å². The summed E-state index contributed by atoms with van der Waals surface area (Å²) in [4.78, 5) is 21.6. The first-order chi connectivity index (χ1) is 13.1. The molecule has 3 heterocycles. The monoisotopic (exact) mass is 385 g/mol. The van der Waals surface area contributed by atoms with E-state index in [1.807, 2.05) is 23.1 Å². The SMILES string of the molecule is COc1cccc(C(=O)N2CCN3C[C@@H](c4ccc(Cl)cc4)CC[C@@H]3C2)n1. The third-order valence-corrected chi connectivity index (χ3v) is 5.94. The Labute approximate surface area is 164 Å². The van der Waals surface area contributed by atoms with Crippen molar-refractivity contribution >= 4 is 17.5 Å². The number of piperidine rings is 1. The van der Waals surface area contributed by atoms with E-state index >= 15 is 0 Å². The average Bonchev–Trinajstić information content (AvgIpc) is 2.73. The second-order valence-corrected chi connectivity index (χ2v) is 7.73. The maximum atomic E-state index is 12.8. The molecule has 27 heavy (non-hydrogen) atoms. The van der Waals surface area contributed by atoms with Crippen molar-refractivity contribution < 1.29 is 9.53 Å². The van der Waals surface area contributed by atoms with Gasteiger partial charge in [0.2, 0.25) is 5.88 Å². The fraction of sp³-hybridized carbons (Fsp3) is 0.429. The van der Waals surface area contributed by atoms with Crippen molar-refractivity contribution in [3.8, 4) is 5.88 Å². The summed E-state index contributed by atoms with van der Waals surface area (Å²) in [5.41, 5.74) is 1.81. The van der Waals surface area contributed by atoms with E-state index in [1.165, 1.54) is 5.56 Å². The molecule has 0 saturated carbocycles. The van der Waals surface area contributed by atoms with Crippen LogP contribution in [0.25, 0.3) is 0 Å². The van der Waals surface area contributed by atoms with Crippen LogP contribution in [0, 0.1) is 0 Å². The fourth-order valence-corrected chi connectivity index (χ4v) is 4.30. The number of pyridine rings is 1. The number of carbonyl (C=O) groups excluding carboxylic acids is 1. The van der Waals surface area contributed by atoms with Gasteiger partial charge in [-0.25, -0.2) is 4.98 Å². The third-order valence-electron chi connectivity index (χ3n) is 5.69. The molecule has 5 nitrogen and oxygen atoms in total. The number of halogens is 1. The maximum absolute atomic E-state index is 12.8. The molecule has 0 bridgehead atoms. The summed E-state index contributed by atoms with van der Waals surface area (Å²) in [6, 6.07) is 14.0. The number of rotatable bonds is 3. The number of hydrogen-bond donors (Lipinski definition) is 0. The van der Waals surface area contributed by atoms with Crippen LogP contribution in [0.5, 0.6) is 5.88 Å². The van der Waals surface area contributed by atoms with Crippen molar-refractivity contribution in [2.75, 3.05) is 33.3 Å². The number of hydrogen-bond acceptors (Lipinski definition) is 4. The number of benzene rings is 1. The minimum Gasteiger partial charge on any atom is -0.481 e. The van der Waals surface area contributed by atoms with E-state index in [0.717, 1.165) is 44.0 Å². The van der Waals surface area contributed by atoms with Crippen molar-refractivity contribution in [3.05, 3.63) is 58.7 Å². The molecule has 0 aliphatic carbocycles. The van der Waals surface area contributed by atoms with Gasteiger partial charge in [-0.2, -0.15) is 0 Å². The van der Waals surface area contributed by atoms with Crippen LogP contribution in [-0.4, -0.2) is 60.0 Å². The molecule has 2 atom stereocenters. The summed E-state index contributed by atoms with van der Waals surface area (Å²) in [5.74, 6) is 1.01. The summed E-state index contributed by atoms with van der Waals surface area (Å²) in [5, 5.41) is 0.783. The average molecular weight is 386 g/mol. The smallest absolute Gasteiger partial charge is 0.272 e. The summed E-state index contributed by atoms with van der Waals surface area (Å²) in [6.45, 7) is 3.46. The predicted octanol–water partition coefficient (Wildman–Crippen LogP) is 3.45. The van der Waals surface area contributed by atoms with Crippen molar-refractivity contribution in [2.45, 2.75) is 24.8 Å². The van der Waals surface area contributed by atoms with Gasteiger partial charge in [-0.05, 0) is 42.5 Å². The standard InChI is InChI=1S/C21H24ClN3O2/c1-27-20-4-2-3-19(23-20)21(26)25-12-11-24-13-16(7-10-18(24)14-25)15-5-8-17(22)9-6-15/h2-6,8-9,16,18H,7,10-14H2,1H3/t16-,18+/m0/s1. The first-order valence-corrected chi connectivity index (χ1v) is 9.81. The van der Waals surface area contributed by atoms with Gasteiger partial charge in [-0.1, -0.05) is 29.8 Å². The van der Waals surface area contributed by atoms with E-state index in [2.05, 4.69) is 22.0 Å². The summed E-state index contributed by atoms with van der Waals surface area (Å²) in [7, 11) is 1.56. The number of fused-ring (bicyclic) bond motifs is 1. The molecule has 2 aliphatic heterocycles. The van der Waals surface area contributed by atoms with Crippen molar-refractivity contribution in [1.82, 2.24) is 14.8 Å². The highest BCUT2D eigenvalue weighted by molar-refractivity contribution is 6.30. The molecule has 2 saturated heterocycles. The highest BCUT2D eigenvalue weighted by Crippen LogP contribution is 2.32. The van der Waals surface area contributed by atoms with E-state index in [4.69, 9.17) is 16.3 Å². The zero-order chi connectivity index (χ0) is 18.8. The number of ether oxygens (including phenoxy) is 1. The molecule has 1 aromatic carbocycles. The summed E-state index contributed by atoms with van der Waals surface area (Å²) >= 11 is 6.02. The molecule has 4 rings (SSSR count). The summed E-state index contributed by atoms with van der Waals surface area (Å²) < 4.78 is 5.14. The highest BCUT2D eigenvalue weighted by atomic mass is 35.5. The number of methoxy groups -OCH3 is 1. The second kappa shape index (κ2) is 7.87. The molecular weight excluding hydrogens is 362 g/mol. The van der Waals surface area contributed by atoms with Gasteiger partial charge in [-0.15, -0.1) is 0 Å².